The van der Waals surface area contributed by atoms with Gasteiger partial charge in [-0.1, -0.05) is 30.3 Å². The molecule has 1 aliphatic rings. The van der Waals surface area contributed by atoms with Crippen molar-refractivity contribution >= 4 is 29.9 Å². The zero-order valence-electron chi connectivity index (χ0n) is 15.9. The molecule has 3 rings (SSSR count). The molecule has 3 N–H and O–H groups in total. The van der Waals surface area contributed by atoms with Crippen molar-refractivity contribution in [3.05, 3.63) is 53.6 Å². The molecule has 6 heteroatoms. The molecule has 0 aliphatic carbocycles. The molecule has 0 saturated heterocycles. The van der Waals surface area contributed by atoms with E-state index in [9.17, 15) is 0 Å². The number of ether oxygens (including phenoxy) is 2. The Kier molecular flexibility index (Phi) is 8.37. The van der Waals surface area contributed by atoms with Crippen LogP contribution in [-0.4, -0.2) is 32.3 Å². The van der Waals surface area contributed by atoms with Crippen LogP contribution in [0.3, 0.4) is 0 Å². The maximum atomic E-state index is 5.91. The van der Waals surface area contributed by atoms with Gasteiger partial charge in [0.2, 0.25) is 0 Å². The lowest BCUT2D eigenvalue weighted by molar-refractivity contribution is 0.179. The van der Waals surface area contributed by atoms with E-state index in [4.69, 9.17) is 15.2 Å². The van der Waals surface area contributed by atoms with Crippen molar-refractivity contribution in [3.8, 4) is 16.9 Å². The highest BCUT2D eigenvalue weighted by molar-refractivity contribution is 14.0. The van der Waals surface area contributed by atoms with Gasteiger partial charge in [0.25, 0.3) is 0 Å². The van der Waals surface area contributed by atoms with Gasteiger partial charge in [-0.05, 0) is 54.2 Å². The topological polar surface area (TPSA) is 68.9 Å². The third kappa shape index (κ3) is 6.10. The highest BCUT2D eigenvalue weighted by Gasteiger charge is 2.11. The Morgan fingerprint density at radius 1 is 1.22 bits per heavy atom. The lowest BCUT2D eigenvalue weighted by Crippen LogP contribution is -2.40. The quantitative estimate of drug-likeness (QED) is 0.375. The Labute approximate surface area is 178 Å². The third-order valence-corrected chi connectivity index (χ3v) is 4.44. The Bertz CT molecular complexity index is 763. The first kappa shape index (κ1) is 21.5. The van der Waals surface area contributed by atoms with Crippen molar-refractivity contribution in [1.29, 1.82) is 0 Å². The molecule has 0 bridgehead atoms. The molecule has 27 heavy (non-hydrogen) atoms. The van der Waals surface area contributed by atoms with Gasteiger partial charge in [0.1, 0.15) is 5.75 Å². The second-order valence-corrected chi connectivity index (χ2v) is 6.67. The van der Waals surface area contributed by atoms with Gasteiger partial charge in [0.05, 0.1) is 19.8 Å². The van der Waals surface area contributed by atoms with Crippen molar-refractivity contribution in [2.45, 2.75) is 32.4 Å². The summed E-state index contributed by atoms with van der Waals surface area (Å²) in [4.78, 5) is 4.39. The van der Waals surface area contributed by atoms with Gasteiger partial charge in [0, 0.05) is 13.2 Å². The summed E-state index contributed by atoms with van der Waals surface area (Å²) in [5.41, 5.74) is 10.8. The standard InChI is InChI=1S/C21H27N3O2.HI/c1-15(14-25-2)24-21(22)23-13-16-5-7-17(8-6-16)18-9-10-20-19(12-18)4-3-11-26-20;/h5-10,12,15H,3-4,11,13-14H2,1-2H3,(H3,22,23,24);1H. The van der Waals surface area contributed by atoms with Crippen LogP contribution in [0.15, 0.2) is 47.5 Å². The van der Waals surface area contributed by atoms with E-state index in [1.807, 2.05) is 6.92 Å². The second kappa shape index (κ2) is 10.5. The molecule has 0 spiro atoms. The van der Waals surface area contributed by atoms with E-state index in [1.54, 1.807) is 7.11 Å². The van der Waals surface area contributed by atoms with Gasteiger partial charge in [-0.15, -0.1) is 24.0 Å². The zero-order valence-corrected chi connectivity index (χ0v) is 18.2. The molecule has 1 atom stereocenters. The second-order valence-electron chi connectivity index (χ2n) is 6.67. The summed E-state index contributed by atoms with van der Waals surface area (Å²) in [7, 11) is 1.67. The van der Waals surface area contributed by atoms with E-state index in [2.05, 4.69) is 52.8 Å². The van der Waals surface area contributed by atoms with Gasteiger partial charge >= 0.3 is 0 Å². The maximum absolute atomic E-state index is 5.91. The number of guanidine groups is 1. The molecular weight excluding hydrogens is 453 g/mol. The summed E-state index contributed by atoms with van der Waals surface area (Å²) in [6, 6.07) is 15.0. The van der Waals surface area contributed by atoms with E-state index >= 15 is 0 Å². The first-order valence-electron chi connectivity index (χ1n) is 9.06. The molecule has 1 unspecified atom stereocenters. The van der Waals surface area contributed by atoms with E-state index in [-0.39, 0.29) is 30.0 Å². The van der Waals surface area contributed by atoms with Crippen LogP contribution < -0.4 is 15.8 Å². The molecule has 2 aromatic carbocycles. The van der Waals surface area contributed by atoms with Crippen LogP contribution in [0.4, 0.5) is 0 Å². The first-order chi connectivity index (χ1) is 12.7. The summed E-state index contributed by atoms with van der Waals surface area (Å²) in [5.74, 6) is 1.46. The number of hydrogen-bond donors (Lipinski definition) is 2. The Morgan fingerprint density at radius 3 is 2.70 bits per heavy atom. The number of nitrogens with one attached hydrogen (secondary N) is 1. The molecule has 1 aliphatic heterocycles. The van der Waals surface area contributed by atoms with E-state index < -0.39 is 0 Å². The van der Waals surface area contributed by atoms with Gasteiger partial charge in [-0.3, -0.25) is 0 Å². The molecule has 0 saturated carbocycles. The van der Waals surface area contributed by atoms with Gasteiger partial charge < -0.3 is 20.5 Å². The van der Waals surface area contributed by atoms with Crippen LogP contribution in [0.25, 0.3) is 11.1 Å². The largest absolute Gasteiger partial charge is 0.493 e. The Balaban J connectivity index is 0.00000261. The number of aliphatic imine (C=N–C) groups is 1. The SMILES string of the molecule is COCC(C)NC(N)=NCc1ccc(-c2ccc3c(c2)CCCO3)cc1.I. The highest BCUT2D eigenvalue weighted by Crippen LogP contribution is 2.30. The average Bonchev–Trinajstić information content (AvgIpc) is 2.66. The molecule has 0 amide bonds. The van der Waals surface area contributed by atoms with Crippen molar-refractivity contribution < 1.29 is 9.47 Å². The Morgan fingerprint density at radius 2 is 1.96 bits per heavy atom. The minimum Gasteiger partial charge on any atom is -0.493 e. The Hall–Kier alpha value is -1.80. The van der Waals surface area contributed by atoms with Crippen LogP contribution >= 0.6 is 24.0 Å². The fourth-order valence-electron chi connectivity index (χ4n) is 3.11. The molecule has 0 fully saturated rings. The molecule has 0 aromatic heterocycles. The van der Waals surface area contributed by atoms with E-state index in [0.717, 1.165) is 30.8 Å². The van der Waals surface area contributed by atoms with Crippen LogP contribution in [0.5, 0.6) is 5.75 Å². The summed E-state index contributed by atoms with van der Waals surface area (Å²) < 4.78 is 10.8. The zero-order chi connectivity index (χ0) is 18.4. The highest BCUT2D eigenvalue weighted by atomic mass is 127. The molecule has 0 radical (unpaired) electrons. The normalized spacial score (nSPS) is 14.5. The molecule has 146 valence electrons. The van der Waals surface area contributed by atoms with Crippen LogP contribution in [0, 0.1) is 0 Å². The summed E-state index contributed by atoms with van der Waals surface area (Å²) in [6.07, 6.45) is 2.18. The smallest absolute Gasteiger partial charge is 0.189 e. The monoisotopic (exact) mass is 481 g/mol. The van der Waals surface area contributed by atoms with E-state index in [1.165, 1.54) is 16.7 Å². The molecule has 5 nitrogen and oxygen atoms in total. The predicted octanol–water partition coefficient (Wildman–Crippen LogP) is 3.74. The van der Waals surface area contributed by atoms with Gasteiger partial charge in [-0.2, -0.15) is 0 Å². The van der Waals surface area contributed by atoms with Gasteiger partial charge in [-0.25, -0.2) is 4.99 Å². The molecule has 2 aromatic rings. The lowest BCUT2D eigenvalue weighted by atomic mass is 9.98. The van der Waals surface area contributed by atoms with Gasteiger partial charge in [0.15, 0.2) is 5.96 Å². The van der Waals surface area contributed by atoms with Crippen molar-refractivity contribution in [2.75, 3.05) is 20.3 Å². The van der Waals surface area contributed by atoms with Crippen molar-refractivity contribution in [2.24, 2.45) is 10.7 Å². The minimum absolute atomic E-state index is 0. The predicted molar refractivity (Wildman–Crippen MR) is 121 cm³/mol. The summed E-state index contributed by atoms with van der Waals surface area (Å²) in [5, 5.41) is 3.11. The summed E-state index contributed by atoms with van der Waals surface area (Å²) >= 11 is 0. The van der Waals surface area contributed by atoms with Crippen LogP contribution in [0.2, 0.25) is 0 Å². The average molecular weight is 481 g/mol. The number of nitrogens with two attached hydrogens (primary N) is 1. The number of nitrogens with zero attached hydrogens (tertiary/aromatic N) is 1. The number of hydrogen-bond acceptors (Lipinski definition) is 3. The first-order valence-corrected chi connectivity index (χ1v) is 9.06. The summed E-state index contributed by atoms with van der Waals surface area (Å²) in [6.45, 7) is 3.97. The number of fused-ring (bicyclic) bond motifs is 1. The molecule has 1 heterocycles. The lowest BCUT2D eigenvalue weighted by Gasteiger charge is -2.18. The van der Waals surface area contributed by atoms with Crippen LogP contribution in [0.1, 0.15) is 24.5 Å². The third-order valence-electron chi connectivity index (χ3n) is 4.44. The fourth-order valence-corrected chi connectivity index (χ4v) is 3.11. The van der Waals surface area contributed by atoms with Crippen molar-refractivity contribution in [3.63, 3.8) is 0 Å². The molecular formula is C21H28IN3O2. The number of halogens is 1. The number of rotatable bonds is 6. The number of methoxy groups -OCH3 is 1. The fraction of sp³-hybridized carbons (Fsp3) is 0.381. The van der Waals surface area contributed by atoms with E-state index in [0.29, 0.717) is 19.1 Å². The maximum Gasteiger partial charge on any atom is 0.189 e. The minimum atomic E-state index is 0. The number of benzene rings is 2. The van der Waals surface area contributed by atoms with Crippen LogP contribution in [-0.2, 0) is 17.7 Å². The van der Waals surface area contributed by atoms with Crippen molar-refractivity contribution in [1.82, 2.24) is 5.32 Å². The number of aryl methyl sites for hydroxylation is 1.